The average Bonchev–Trinajstić information content (AvgIpc) is 2.76. The Balaban J connectivity index is 1.90. The standard InChI is InChI=1S/C15H17NO/c17-15(7-8-16-11-15)10-12-5-6-13-3-1-2-4-14(13)9-12/h1-6,9,16-17H,7-8,10-11H2. The summed E-state index contributed by atoms with van der Waals surface area (Å²) in [4.78, 5) is 0. The van der Waals surface area contributed by atoms with Gasteiger partial charge in [-0.1, -0.05) is 42.5 Å². The first kappa shape index (κ1) is 10.8. The number of nitrogens with one attached hydrogen (secondary N) is 1. The number of hydrogen-bond acceptors (Lipinski definition) is 2. The third-order valence-electron chi connectivity index (χ3n) is 3.57. The molecule has 0 bridgehead atoms. The topological polar surface area (TPSA) is 32.3 Å². The predicted octanol–water partition coefficient (Wildman–Crippen LogP) is 2.11. The molecule has 0 saturated carbocycles. The Labute approximate surface area is 101 Å². The SMILES string of the molecule is OC1(Cc2ccc3ccccc3c2)CCNC1. The van der Waals surface area contributed by atoms with E-state index < -0.39 is 5.60 Å². The molecule has 2 nitrogen and oxygen atoms in total. The van der Waals surface area contributed by atoms with E-state index in [4.69, 9.17) is 0 Å². The zero-order valence-electron chi connectivity index (χ0n) is 9.82. The molecule has 1 heterocycles. The summed E-state index contributed by atoms with van der Waals surface area (Å²) < 4.78 is 0. The van der Waals surface area contributed by atoms with Gasteiger partial charge >= 0.3 is 0 Å². The number of hydrogen-bond donors (Lipinski definition) is 2. The fraction of sp³-hybridized carbons (Fsp3) is 0.333. The van der Waals surface area contributed by atoms with Crippen LogP contribution >= 0.6 is 0 Å². The second-order valence-corrected chi connectivity index (χ2v) is 5.01. The molecule has 1 aliphatic heterocycles. The molecule has 2 heteroatoms. The van der Waals surface area contributed by atoms with E-state index >= 15 is 0 Å². The van der Waals surface area contributed by atoms with Crippen LogP contribution in [0.1, 0.15) is 12.0 Å². The van der Waals surface area contributed by atoms with Crippen LogP contribution in [-0.4, -0.2) is 23.8 Å². The number of fused-ring (bicyclic) bond motifs is 1. The van der Waals surface area contributed by atoms with Gasteiger partial charge in [0.15, 0.2) is 0 Å². The highest BCUT2D eigenvalue weighted by Gasteiger charge is 2.30. The van der Waals surface area contributed by atoms with E-state index in [0.717, 1.165) is 19.4 Å². The Morgan fingerprint density at radius 1 is 1.12 bits per heavy atom. The van der Waals surface area contributed by atoms with E-state index in [9.17, 15) is 5.11 Å². The summed E-state index contributed by atoms with van der Waals surface area (Å²) >= 11 is 0. The van der Waals surface area contributed by atoms with Gasteiger partial charge in [-0.2, -0.15) is 0 Å². The molecule has 1 saturated heterocycles. The van der Waals surface area contributed by atoms with Gasteiger partial charge in [-0.05, 0) is 29.3 Å². The number of β-amino-alcohol motifs (C(OH)–C–C–N with tert-alkyl or cyclic N) is 1. The number of benzene rings is 2. The molecule has 2 N–H and O–H groups in total. The number of aliphatic hydroxyl groups is 1. The highest BCUT2D eigenvalue weighted by molar-refractivity contribution is 5.83. The third kappa shape index (κ3) is 2.19. The van der Waals surface area contributed by atoms with Gasteiger partial charge in [0.1, 0.15) is 0 Å². The van der Waals surface area contributed by atoms with Crippen molar-refractivity contribution in [2.75, 3.05) is 13.1 Å². The fourth-order valence-electron chi connectivity index (χ4n) is 2.61. The molecule has 88 valence electrons. The highest BCUT2D eigenvalue weighted by Crippen LogP contribution is 2.23. The lowest BCUT2D eigenvalue weighted by atomic mass is 9.92. The smallest absolute Gasteiger partial charge is 0.0823 e. The Hall–Kier alpha value is -1.38. The summed E-state index contributed by atoms with van der Waals surface area (Å²) in [5, 5.41) is 16.1. The van der Waals surface area contributed by atoms with Crippen molar-refractivity contribution in [3.63, 3.8) is 0 Å². The van der Waals surface area contributed by atoms with Crippen molar-refractivity contribution in [1.82, 2.24) is 5.32 Å². The molecule has 1 aliphatic rings. The van der Waals surface area contributed by atoms with E-state index in [-0.39, 0.29) is 0 Å². The molecule has 2 aromatic rings. The maximum Gasteiger partial charge on any atom is 0.0823 e. The first-order chi connectivity index (χ1) is 8.25. The second kappa shape index (κ2) is 4.13. The minimum Gasteiger partial charge on any atom is -0.388 e. The molecule has 0 amide bonds. The lowest BCUT2D eigenvalue weighted by Crippen LogP contribution is -2.33. The maximum atomic E-state index is 10.4. The molecule has 0 aliphatic carbocycles. The van der Waals surface area contributed by atoms with Gasteiger partial charge in [0.2, 0.25) is 0 Å². The molecule has 0 aromatic heterocycles. The summed E-state index contributed by atoms with van der Waals surface area (Å²) in [6, 6.07) is 14.8. The lowest BCUT2D eigenvalue weighted by molar-refractivity contribution is 0.0619. The Bertz CT molecular complexity index is 529. The fourth-order valence-corrected chi connectivity index (χ4v) is 2.61. The molecule has 2 aromatic carbocycles. The van der Waals surface area contributed by atoms with Crippen LogP contribution in [0.15, 0.2) is 42.5 Å². The first-order valence-corrected chi connectivity index (χ1v) is 6.16. The van der Waals surface area contributed by atoms with Gasteiger partial charge in [0.25, 0.3) is 0 Å². The maximum absolute atomic E-state index is 10.4. The predicted molar refractivity (Wildman–Crippen MR) is 70.1 cm³/mol. The largest absolute Gasteiger partial charge is 0.388 e. The second-order valence-electron chi connectivity index (χ2n) is 5.01. The Morgan fingerprint density at radius 2 is 1.94 bits per heavy atom. The van der Waals surface area contributed by atoms with Gasteiger partial charge in [0, 0.05) is 13.0 Å². The van der Waals surface area contributed by atoms with Crippen molar-refractivity contribution in [2.24, 2.45) is 0 Å². The van der Waals surface area contributed by atoms with E-state index in [1.54, 1.807) is 0 Å². The van der Waals surface area contributed by atoms with Crippen molar-refractivity contribution < 1.29 is 5.11 Å². The quantitative estimate of drug-likeness (QED) is 0.823. The molecule has 1 atom stereocenters. The van der Waals surface area contributed by atoms with Crippen LogP contribution < -0.4 is 5.32 Å². The van der Waals surface area contributed by atoms with E-state index in [1.807, 2.05) is 0 Å². The zero-order chi connectivity index (χ0) is 11.7. The molecule has 0 spiro atoms. The van der Waals surface area contributed by atoms with Crippen LogP contribution in [0.4, 0.5) is 0 Å². The summed E-state index contributed by atoms with van der Waals surface area (Å²) in [7, 11) is 0. The van der Waals surface area contributed by atoms with Crippen LogP contribution in [0, 0.1) is 0 Å². The third-order valence-corrected chi connectivity index (χ3v) is 3.57. The van der Waals surface area contributed by atoms with Crippen molar-refractivity contribution in [2.45, 2.75) is 18.4 Å². The van der Waals surface area contributed by atoms with Crippen LogP contribution in [0.2, 0.25) is 0 Å². The van der Waals surface area contributed by atoms with Gasteiger partial charge in [-0.15, -0.1) is 0 Å². The van der Waals surface area contributed by atoms with Gasteiger partial charge in [0.05, 0.1) is 5.60 Å². The van der Waals surface area contributed by atoms with Crippen LogP contribution in [0.25, 0.3) is 10.8 Å². The monoisotopic (exact) mass is 227 g/mol. The molecule has 3 rings (SSSR count). The molecular weight excluding hydrogens is 210 g/mol. The average molecular weight is 227 g/mol. The van der Waals surface area contributed by atoms with Crippen molar-refractivity contribution >= 4 is 10.8 Å². The van der Waals surface area contributed by atoms with E-state index in [1.165, 1.54) is 16.3 Å². The van der Waals surface area contributed by atoms with Crippen LogP contribution in [0.3, 0.4) is 0 Å². The summed E-state index contributed by atoms with van der Waals surface area (Å²) in [6.45, 7) is 1.63. The highest BCUT2D eigenvalue weighted by atomic mass is 16.3. The minimum atomic E-state index is -0.553. The van der Waals surface area contributed by atoms with Gasteiger partial charge < -0.3 is 10.4 Å². The van der Waals surface area contributed by atoms with Gasteiger partial charge in [-0.25, -0.2) is 0 Å². The van der Waals surface area contributed by atoms with E-state index in [2.05, 4.69) is 47.8 Å². The van der Waals surface area contributed by atoms with Gasteiger partial charge in [-0.3, -0.25) is 0 Å². The normalized spacial score (nSPS) is 24.3. The van der Waals surface area contributed by atoms with Crippen molar-refractivity contribution in [3.05, 3.63) is 48.0 Å². The zero-order valence-corrected chi connectivity index (χ0v) is 9.82. The number of rotatable bonds is 2. The van der Waals surface area contributed by atoms with Crippen molar-refractivity contribution in [1.29, 1.82) is 0 Å². The molecule has 1 fully saturated rings. The first-order valence-electron chi connectivity index (χ1n) is 6.16. The Morgan fingerprint density at radius 3 is 2.71 bits per heavy atom. The van der Waals surface area contributed by atoms with Crippen LogP contribution in [-0.2, 0) is 6.42 Å². The molecule has 17 heavy (non-hydrogen) atoms. The lowest BCUT2D eigenvalue weighted by Gasteiger charge is -2.21. The summed E-state index contributed by atoms with van der Waals surface area (Å²) in [5.41, 5.74) is 0.664. The van der Waals surface area contributed by atoms with E-state index in [0.29, 0.717) is 6.54 Å². The molecule has 0 radical (unpaired) electrons. The summed E-state index contributed by atoms with van der Waals surface area (Å²) in [6.07, 6.45) is 1.59. The van der Waals surface area contributed by atoms with Crippen molar-refractivity contribution in [3.8, 4) is 0 Å². The minimum absolute atomic E-state index is 0.553. The Kier molecular flexibility index (Phi) is 2.61. The summed E-state index contributed by atoms with van der Waals surface area (Å²) in [5.74, 6) is 0. The molecular formula is C15H17NO. The van der Waals surface area contributed by atoms with Crippen LogP contribution in [0.5, 0.6) is 0 Å². The molecule has 1 unspecified atom stereocenters.